The molecule has 4 N–H and O–H groups in total. The second-order valence-electron chi connectivity index (χ2n) is 2.99. The molecule has 0 fully saturated rings. The van der Waals surface area contributed by atoms with Gasteiger partial charge in [-0.05, 0) is 11.9 Å². The fourth-order valence-corrected chi connectivity index (χ4v) is 1.92. The Hall–Kier alpha value is -0.480. The Bertz CT molecular complexity index is 215. The van der Waals surface area contributed by atoms with Gasteiger partial charge in [-0.15, -0.1) is 9.24 Å². The Balaban J connectivity index is 3.45. The highest BCUT2D eigenvalue weighted by Crippen LogP contribution is 1.99. The lowest BCUT2D eigenvalue weighted by Crippen LogP contribution is -2.41. The predicted molar refractivity (Wildman–Crippen MR) is 69.5 cm³/mol. The van der Waals surface area contributed by atoms with Crippen molar-refractivity contribution >= 4 is 32.9 Å². The van der Waals surface area contributed by atoms with E-state index in [4.69, 9.17) is 11.1 Å². The Labute approximate surface area is 97.2 Å². The minimum Gasteiger partial charge on any atom is -0.370 e. The number of rotatable bonds is 7. The van der Waals surface area contributed by atoms with Crippen LogP contribution in [0.4, 0.5) is 0 Å². The van der Waals surface area contributed by atoms with Crippen molar-refractivity contribution in [2.24, 2.45) is 5.73 Å². The standard InChI is InChI=1S/C8H19N4OPS/c1-12(8(9)10)6-7(13)11-2-4-15-5-3-14/h2-6,14H2,1H3,(H3,9,10)(H,11,13). The molecular formula is C8H19N4OPS. The fourth-order valence-electron chi connectivity index (χ4n) is 0.804. The van der Waals surface area contributed by atoms with Crippen molar-refractivity contribution < 1.29 is 4.79 Å². The lowest BCUT2D eigenvalue weighted by Gasteiger charge is -2.15. The average molecular weight is 250 g/mol. The molecule has 15 heavy (non-hydrogen) atoms. The topological polar surface area (TPSA) is 82.2 Å². The molecule has 7 heteroatoms. The maximum Gasteiger partial charge on any atom is 0.239 e. The summed E-state index contributed by atoms with van der Waals surface area (Å²) in [6.45, 7) is 0.809. The van der Waals surface area contributed by atoms with Crippen molar-refractivity contribution in [3.8, 4) is 0 Å². The summed E-state index contributed by atoms with van der Waals surface area (Å²) in [6, 6.07) is 0. The highest BCUT2D eigenvalue weighted by molar-refractivity contribution is 7.99. The van der Waals surface area contributed by atoms with Gasteiger partial charge in [0.25, 0.3) is 0 Å². The average Bonchev–Trinajstić information content (AvgIpc) is 2.17. The molecule has 0 bridgehead atoms. The monoisotopic (exact) mass is 250 g/mol. The number of nitrogens with zero attached hydrogens (tertiary/aromatic N) is 1. The van der Waals surface area contributed by atoms with Crippen LogP contribution in [0, 0.1) is 5.41 Å². The van der Waals surface area contributed by atoms with Crippen molar-refractivity contribution in [2.75, 3.05) is 37.8 Å². The van der Waals surface area contributed by atoms with Gasteiger partial charge < -0.3 is 16.0 Å². The van der Waals surface area contributed by atoms with Gasteiger partial charge in [-0.25, -0.2) is 0 Å². The number of hydrogen-bond acceptors (Lipinski definition) is 3. The number of carbonyl (C=O) groups excluding carboxylic acids is 1. The lowest BCUT2D eigenvalue weighted by molar-refractivity contribution is -0.121. The smallest absolute Gasteiger partial charge is 0.239 e. The largest absolute Gasteiger partial charge is 0.370 e. The number of carbonyl (C=O) groups is 1. The van der Waals surface area contributed by atoms with E-state index < -0.39 is 0 Å². The summed E-state index contributed by atoms with van der Waals surface area (Å²) < 4.78 is 0. The van der Waals surface area contributed by atoms with Crippen LogP contribution in [0.2, 0.25) is 0 Å². The molecule has 0 aliphatic heterocycles. The summed E-state index contributed by atoms with van der Waals surface area (Å²) in [6.07, 6.45) is 1.08. The first-order valence-corrected chi connectivity index (χ1v) is 6.64. The third kappa shape index (κ3) is 8.51. The molecule has 0 rings (SSSR count). The van der Waals surface area contributed by atoms with Gasteiger partial charge in [-0.1, -0.05) is 0 Å². The van der Waals surface area contributed by atoms with Crippen LogP contribution in [0.15, 0.2) is 0 Å². The van der Waals surface area contributed by atoms with E-state index in [9.17, 15) is 4.79 Å². The highest BCUT2D eigenvalue weighted by atomic mass is 32.2. The number of likely N-dealkylation sites (N-methyl/N-ethyl adjacent to an activating group) is 1. The second-order valence-corrected chi connectivity index (χ2v) is 4.79. The predicted octanol–water partition coefficient (Wildman–Crippen LogP) is -0.464. The lowest BCUT2D eigenvalue weighted by atomic mass is 10.5. The van der Waals surface area contributed by atoms with E-state index in [1.807, 2.05) is 0 Å². The maximum atomic E-state index is 11.3. The van der Waals surface area contributed by atoms with Crippen LogP contribution in [0.25, 0.3) is 0 Å². The van der Waals surface area contributed by atoms with Crippen LogP contribution >= 0.6 is 21.0 Å². The molecule has 0 saturated carbocycles. The molecule has 0 aromatic rings. The van der Waals surface area contributed by atoms with E-state index in [0.717, 1.165) is 17.7 Å². The van der Waals surface area contributed by atoms with Crippen LogP contribution in [-0.2, 0) is 4.79 Å². The van der Waals surface area contributed by atoms with Gasteiger partial charge in [0.1, 0.15) is 0 Å². The van der Waals surface area contributed by atoms with Gasteiger partial charge in [0.2, 0.25) is 5.91 Å². The number of hydrogen-bond donors (Lipinski definition) is 3. The molecule has 0 aromatic carbocycles. The van der Waals surface area contributed by atoms with Crippen LogP contribution in [0.3, 0.4) is 0 Å². The number of guanidine groups is 1. The number of nitrogens with two attached hydrogens (primary N) is 1. The van der Waals surface area contributed by atoms with E-state index in [0.29, 0.717) is 6.54 Å². The summed E-state index contributed by atoms with van der Waals surface area (Å²) in [4.78, 5) is 12.7. The van der Waals surface area contributed by atoms with Crippen molar-refractivity contribution in [2.45, 2.75) is 0 Å². The van der Waals surface area contributed by atoms with Crippen LogP contribution in [0.5, 0.6) is 0 Å². The first-order valence-electron chi connectivity index (χ1n) is 4.67. The van der Waals surface area contributed by atoms with Gasteiger partial charge in [0.05, 0.1) is 6.54 Å². The van der Waals surface area contributed by atoms with E-state index in [-0.39, 0.29) is 18.4 Å². The van der Waals surface area contributed by atoms with Crippen molar-refractivity contribution in [3.63, 3.8) is 0 Å². The van der Waals surface area contributed by atoms with E-state index in [1.54, 1.807) is 18.8 Å². The Morgan fingerprint density at radius 2 is 2.27 bits per heavy atom. The highest BCUT2D eigenvalue weighted by Gasteiger charge is 2.05. The van der Waals surface area contributed by atoms with Crippen molar-refractivity contribution in [1.29, 1.82) is 5.41 Å². The molecule has 1 atom stereocenters. The van der Waals surface area contributed by atoms with E-state index in [1.165, 1.54) is 4.90 Å². The van der Waals surface area contributed by atoms with Crippen LogP contribution in [-0.4, -0.2) is 54.6 Å². The molecule has 0 radical (unpaired) electrons. The third-order valence-electron chi connectivity index (χ3n) is 1.62. The quantitative estimate of drug-likeness (QED) is 0.247. The maximum absolute atomic E-state index is 11.3. The Morgan fingerprint density at radius 3 is 2.80 bits per heavy atom. The van der Waals surface area contributed by atoms with Gasteiger partial charge >= 0.3 is 0 Å². The summed E-state index contributed by atoms with van der Waals surface area (Å²) in [7, 11) is 4.28. The Morgan fingerprint density at radius 1 is 1.60 bits per heavy atom. The normalized spacial score (nSPS) is 9.73. The zero-order valence-electron chi connectivity index (χ0n) is 8.95. The number of nitrogens with one attached hydrogen (secondary N) is 2. The first kappa shape index (κ1) is 14.5. The molecule has 0 aliphatic rings. The molecule has 1 amide bonds. The molecule has 0 aliphatic carbocycles. The molecule has 1 unspecified atom stereocenters. The third-order valence-corrected chi connectivity index (χ3v) is 3.35. The minimum atomic E-state index is -0.0980. The molecule has 88 valence electrons. The van der Waals surface area contributed by atoms with Crippen LogP contribution < -0.4 is 11.1 Å². The zero-order valence-corrected chi connectivity index (χ0v) is 10.9. The zero-order chi connectivity index (χ0) is 11.7. The first-order chi connectivity index (χ1) is 7.07. The van der Waals surface area contributed by atoms with Crippen LogP contribution in [0.1, 0.15) is 0 Å². The number of amides is 1. The molecule has 0 saturated heterocycles. The molecule has 0 heterocycles. The van der Waals surface area contributed by atoms with Crippen molar-refractivity contribution in [1.82, 2.24) is 10.2 Å². The van der Waals surface area contributed by atoms with Gasteiger partial charge in [0, 0.05) is 19.3 Å². The van der Waals surface area contributed by atoms with Gasteiger partial charge in [0.15, 0.2) is 5.96 Å². The van der Waals surface area contributed by atoms with Gasteiger partial charge in [-0.2, -0.15) is 11.8 Å². The molecule has 0 aromatic heterocycles. The molecule has 5 nitrogen and oxygen atoms in total. The molecular weight excluding hydrogens is 231 g/mol. The summed E-state index contributed by atoms with van der Waals surface area (Å²) in [5.41, 5.74) is 5.20. The van der Waals surface area contributed by atoms with Gasteiger partial charge in [-0.3, -0.25) is 10.2 Å². The Kier molecular flexibility index (Phi) is 8.52. The molecule has 0 spiro atoms. The minimum absolute atomic E-state index is 0.0949. The fraction of sp³-hybridized carbons (Fsp3) is 0.750. The second kappa shape index (κ2) is 8.80. The SMILES string of the molecule is CN(CC(=O)NCCSCCP)C(=N)N. The van der Waals surface area contributed by atoms with E-state index >= 15 is 0 Å². The van der Waals surface area contributed by atoms with E-state index in [2.05, 4.69) is 14.6 Å². The number of thioether (sulfide) groups is 1. The summed E-state index contributed by atoms with van der Waals surface area (Å²) >= 11 is 1.80. The van der Waals surface area contributed by atoms with Crippen molar-refractivity contribution in [3.05, 3.63) is 0 Å². The summed E-state index contributed by atoms with van der Waals surface area (Å²) in [5, 5.41) is 9.85. The summed E-state index contributed by atoms with van der Waals surface area (Å²) in [5.74, 6) is 1.82.